The van der Waals surface area contributed by atoms with Crippen LogP contribution in [0.3, 0.4) is 0 Å². The summed E-state index contributed by atoms with van der Waals surface area (Å²) in [7, 11) is 0. The molecule has 0 aliphatic carbocycles. The minimum atomic E-state index is -0.509. The second-order valence-electron chi connectivity index (χ2n) is 3.07. The Morgan fingerprint density at radius 3 is 3.07 bits per heavy atom. The summed E-state index contributed by atoms with van der Waals surface area (Å²) in [5, 5.41) is 18.8. The lowest BCUT2D eigenvalue weighted by Crippen LogP contribution is -2.31. The molecule has 0 unspecified atom stereocenters. The summed E-state index contributed by atoms with van der Waals surface area (Å²) in [6.07, 6.45) is 3.09. The van der Waals surface area contributed by atoms with Crippen molar-refractivity contribution in [1.29, 1.82) is 0 Å². The van der Waals surface area contributed by atoms with Gasteiger partial charge in [-0.05, 0) is 6.92 Å². The Labute approximate surface area is 81.9 Å². The van der Waals surface area contributed by atoms with Gasteiger partial charge in [0.15, 0.2) is 0 Å². The quantitative estimate of drug-likeness (QED) is 0.647. The van der Waals surface area contributed by atoms with Gasteiger partial charge in [0.1, 0.15) is 0 Å². The van der Waals surface area contributed by atoms with Gasteiger partial charge in [0.05, 0.1) is 18.8 Å². The molecule has 0 saturated heterocycles. The van der Waals surface area contributed by atoms with Crippen LogP contribution in [-0.2, 0) is 11.3 Å². The molecule has 0 saturated carbocycles. The van der Waals surface area contributed by atoms with Crippen LogP contribution in [0.25, 0.3) is 0 Å². The topological polar surface area (TPSA) is 80.0 Å². The number of aryl methyl sites for hydroxylation is 1. The van der Waals surface area contributed by atoms with E-state index < -0.39 is 6.10 Å². The molecule has 1 aromatic rings. The van der Waals surface area contributed by atoms with Crippen molar-refractivity contribution in [3.8, 4) is 0 Å². The molecule has 1 atom stereocenters. The fraction of sp³-hybridized carbons (Fsp3) is 0.625. The molecule has 6 nitrogen and oxygen atoms in total. The van der Waals surface area contributed by atoms with Crippen molar-refractivity contribution in [1.82, 2.24) is 20.3 Å². The first kappa shape index (κ1) is 10.6. The Balaban J connectivity index is 2.15. The van der Waals surface area contributed by atoms with E-state index >= 15 is 0 Å². The van der Waals surface area contributed by atoms with Gasteiger partial charge >= 0.3 is 0 Å². The molecule has 0 bridgehead atoms. The van der Waals surface area contributed by atoms with Gasteiger partial charge in [0, 0.05) is 19.2 Å². The molecule has 0 aliphatic rings. The number of aliphatic hydroxyl groups is 1. The number of aromatic nitrogens is 3. The highest BCUT2D eigenvalue weighted by Crippen LogP contribution is 1.87. The second kappa shape index (κ2) is 5.33. The first-order valence-electron chi connectivity index (χ1n) is 4.47. The Morgan fingerprint density at radius 2 is 2.50 bits per heavy atom. The molecule has 0 radical (unpaired) electrons. The van der Waals surface area contributed by atoms with Gasteiger partial charge in [-0.15, -0.1) is 5.10 Å². The van der Waals surface area contributed by atoms with Crippen LogP contribution in [0, 0.1) is 0 Å². The molecule has 1 heterocycles. The predicted octanol–water partition coefficient (Wildman–Crippen LogP) is -0.835. The van der Waals surface area contributed by atoms with E-state index in [1.54, 1.807) is 24.0 Å². The number of nitrogens with one attached hydrogen (secondary N) is 1. The van der Waals surface area contributed by atoms with Crippen LogP contribution in [-0.4, -0.2) is 38.7 Å². The van der Waals surface area contributed by atoms with Crippen LogP contribution >= 0.6 is 0 Å². The normalized spacial score (nSPS) is 12.4. The minimum absolute atomic E-state index is 0.0959. The fourth-order valence-corrected chi connectivity index (χ4v) is 0.918. The van der Waals surface area contributed by atoms with Crippen molar-refractivity contribution >= 4 is 5.91 Å². The number of nitrogens with zero attached hydrogens (tertiary/aromatic N) is 3. The lowest BCUT2D eigenvalue weighted by Gasteiger charge is -2.06. The van der Waals surface area contributed by atoms with Gasteiger partial charge in [-0.3, -0.25) is 9.48 Å². The van der Waals surface area contributed by atoms with Crippen LogP contribution in [0.5, 0.6) is 0 Å². The third kappa shape index (κ3) is 3.99. The van der Waals surface area contributed by atoms with Crippen LogP contribution in [0.4, 0.5) is 0 Å². The molecule has 1 rings (SSSR count). The Hall–Kier alpha value is -1.43. The molecule has 0 aliphatic heterocycles. The molecule has 0 spiro atoms. The highest BCUT2D eigenvalue weighted by molar-refractivity contribution is 5.75. The number of aliphatic hydroxyl groups excluding tert-OH is 1. The van der Waals surface area contributed by atoms with Crippen molar-refractivity contribution in [3.63, 3.8) is 0 Å². The monoisotopic (exact) mass is 198 g/mol. The zero-order valence-corrected chi connectivity index (χ0v) is 8.05. The summed E-state index contributed by atoms with van der Waals surface area (Å²) in [6, 6.07) is 0. The smallest absolute Gasteiger partial charge is 0.221 e. The Bertz CT molecular complexity index is 271. The highest BCUT2D eigenvalue weighted by Gasteiger charge is 2.03. The molecule has 1 aromatic heterocycles. The van der Waals surface area contributed by atoms with Gasteiger partial charge in [-0.2, -0.15) is 0 Å². The van der Waals surface area contributed by atoms with E-state index in [1.807, 2.05) is 0 Å². The van der Waals surface area contributed by atoms with E-state index in [9.17, 15) is 4.79 Å². The standard InChI is InChI=1S/C8H14N4O2/c1-7(13)6-9-8(14)2-4-12-5-3-10-11-12/h3,5,7,13H,2,4,6H2,1H3,(H,9,14)/t7-/m0/s1. The van der Waals surface area contributed by atoms with Gasteiger partial charge in [-0.25, -0.2) is 0 Å². The van der Waals surface area contributed by atoms with Gasteiger partial charge < -0.3 is 10.4 Å². The molecule has 14 heavy (non-hydrogen) atoms. The fourth-order valence-electron chi connectivity index (χ4n) is 0.918. The van der Waals surface area contributed by atoms with Crippen molar-refractivity contribution in [2.45, 2.75) is 26.0 Å². The summed E-state index contributed by atoms with van der Waals surface area (Å²) in [5.74, 6) is -0.0959. The minimum Gasteiger partial charge on any atom is -0.392 e. The highest BCUT2D eigenvalue weighted by atomic mass is 16.3. The summed E-state index contributed by atoms with van der Waals surface area (Å²) < 4.78 is 1.59. The SMILES string of the molecule is C[C@H](O)CNC(=O)CCn1ccnn1. The van der Waals surface area contributed by atoms with E-state index in [2.05, 4.69) is 15.6 Å². The lowest BCUT2D eigenvalue weighted by molar-refractivity contribution is -0.121. The molecule has 78 valence electrons. The van der Waals surface area contributed by atoms with Crippen LogP contribution < -0.4 is 5.32 Å². The first-order valence-corrected chi connectivity index (χ1v) is 4.47. The van der Waals surface area contributed by atoms with E-state index in [4.69, 9.17) is 5.11 Å². The molecule has 0 aromatic carbocycles. The molecule has 6 heteroatoms. The van der Waals surface area contributed by atoms with Gasteiger partial charge in [-0.1, -0.05) is 5.21 Å². The van der Waals surface area contributed by atoms with E-state index in [0.717, 1.165) is 0 Å². The number of carbonyl (C=O) groups excluding carboxylic acids is 1. The van der Waals surface area contributed by atoms with Crippen LogP contribution in [0.15, 0.2) is 12.4 Å². The summed E-state index contributed by atoms with van der Waals surface area (Å²) in [5.41, 5.74) is 0. The zero-order valence-electron chi connectivity index (χ0n) is 8.05. The van der Waals surface area contributed by atoms with E-state index in [1.165, 1.54) is 0 Å². The largest absolute Gasteiger partial charge is 0.392 e. The third-order valence-electron chi connectivity index (χ3n) is 1.63. The van der Waals surface area contributed by atoms with Crippen molar-refractivity contribution in [2.75, 3.05) is 6.54 Å². The summed E-state index contributed by atoms with van der Waals surface area (Å²) in [4.78, 5) is 11.2. The molecule has 1 amide bonds. The van der Waals surface area contributed by atoms with Gasteiger partial charge in [0.25, 0.3) is 0 Å². The molecular formula is C8H14N4O2. The maximum Gasteiger partial charge on any atom is 0.221 e. The lowest BCUT2D eigenvalue weighted by atomic mass is 10.3. The number of amides is 1. The molecule has 0 fully saturated rings. The number of hydrogen-bond donors (Lipinski definition) is 2. The van der Waals surface area contributed by atoms with Crippen LogP contribution in [0.1, 0.15) is 13.3 Å². The third-order valence-corrected chi connectivity index (χ3v) is 1.63. The van der Waals surface area contributed by atoms with Crippen molar-refractivity contribution < 1.29 is 9.90 Å². The maximum absolute atomic E-state index is 11.2. The first-order chi connectivity index (χ1) is 6.68. The van der Waals surface area contributed by atoms with E-state index in [-0.39, 0.29) is 12.5 Å². The molecule has 2 N–H and O–H groups in total. The average Bonchev–Trinajstić information content (AvgIpc) is 2.63. The summed E-state index contributed by atoms with van der Waals surface area (Å²) in [6.45, 7) is 2.42. The maximum atomic E-state index is 11.2. The predicted molar refractivity (Wildman–Crippen MR) is 49.3 cm³/mol. The zero-order chi connectivity index (χ0) is 10.4. The van der Waals surface area contributed by atoms with E-state index in [0.29, 0.717) is 13.0 Å². The van der Waals surface area contributed by atoms with Crippen molar-refractivity contribution in [3.05, 3.63) is 12.4 Å². The second-order valence-corrected chi connectivity index (χ2v) is 3.07. The number of rotatable bonds is 5. The number of hydrogen-bond acceptors (Lipinski definition) is 4. The number of carbonyl (C=O) groups is 1. The Kier molecular flexibility index (Phi) is 4.06. The van der Waals surface area contributed by atoms with Gasteiger partial charge in [0.2, 0.25) is 5.91 Å². The average molecular weight is 198 g/mol. The Morgan fingerprint density at radius 1 is 1.71 bits per heavy atom. The molecular weight excluding hydrogens is 184 g/mol. The summed E-state index contributed by atoms with van der Waals surface area (Å²) >= 11 is 0. The van der Waals surface area contributed by atoms with Crippen molar-refractivity contribution in [2.24, 2.45) is 0 Å². The van der Waals surface area contributed by atoms with Crippen LogP contribution in [0.2, 0.25) is 0 Å².